The summed E-state index contributed by atoms with van der Waals surface area (Å²) in [5.41, 5.74) is 5.42. The maximum Gasteiger partial charge on any atom is 0.00805 e. The first kappa shape index (κ1) is 9.34. The normalized spacial score (nSPS) is 11.8. The van der Waals surface area contributed by atoms with Gasteiger partial charge < -0.3 is 0 Å². The van der Waals surface area contributed by atoms with E-state index in [0.29, 0.717) is 0 Å². The molecule has 0 heterocycles. The molecular formula is C11H13Cl. The summed E-state index contributed by atoms with van der Waals surface area (Å²) in [6, 6.07) is 8.29. The van der Waals surface area contributed by atoms with Gasteiger partial charge in [-0.2, -0.15) is 0 Å². The maximum absolute atomic E-state index is 5.71. The quantitative estimate of drug-likeness (QED) is 0.646. The molecule has 12 heavy (non-hydrogen) atoms. The average Bonchev–Trinajstić information content (AvgIpc) is 2.10. The molecule has 0 amide bonds. The highest BCUT2D eigenvalue weighted by atomic mass is 35.5. The summed E-state index contributed by atoms with van der Waals surface area (Å²) < 4.78 is 0. The first-order valence-electron chi connectivity index (χ1n) is 4.14. The largest absolute Gasteiger partial charge is 0.0926 e. The van der Waals surface area contributed by atoms with Crippen molar-refractivity contribution in [3.8, 4) is 0 Å². The van der Waals surface area contributed by atoms with Crippen molar-refractivity contribution in [1.82, 2.24) is 0 Å². The van der Waals surface area contributed by atoms with Gasteiger partial charge in [0, 0.05) is 5.54 Å². The van der Waals surface area contributed by atoms with Crippen LogP contribution in [0.15, 0.2) is 29.8 Å². The summed E-state index contributed by atoms with van der Waals surface area (Å²) in [5.74, 6) is 0. The number of hydrogen-bond acceptors (Lipinski definition) is 0. The fourth-order valence-electron chi connectivity index (χ4n) is 1.26. The topological polar surface area (TPSA) is 0 Å². The van der Waals surface area contributed by atoms with Gasteiger partial charge in [0.1, 0.15) is 0 Å². The highest BCUT2D eigenvalue weighted by Crippen LogP contribution is 2.21. The Kier molecular flexibility index (Phi) is 3.36. The van der Waals surface area contributed by atoms with Crippen LogP contribution in [0.5, 0.6) is 0 Å². The van der Waals surface area contributed by atoms with Gasteiger partial charge in [-0.15, -0.1) is 0 Å². The highest BCUT2D eigenvalue weighted by molar-refractivity contribution is 6.28. The second-order valence-electron chi connectivity index (χ2n) is 2.80. The Bertz CT molecular complexity index is 287. The number of hydrogen-bond donors (Lipinski definition) is 0. The summed E-state index contributed by atoms with van der Waals surface area (Å²) in [4.78, 5) is 0. The van der Waals surface area contributed by atoms with Crippen LogP contribution >= 0.6 is 11.6 Å². The predicted octanol–water partition coefficient (Wildman–Crippen LogP) is 3.98. The van der Waals surface area contributed by atoms with Gasteiger partial charge in [0.05, 0.1) is 0 Å². The van der Waals surface area contributed by atoms with Crippen LogP contribution in [0.4, 0.5) is 0 Å². The molecule has 1 heteroatoms. The Hall–Kier alpha value is -0.750. The molecule has 0 nitrogen and oxygen atoms in total. The van der Waals surface area contributed by atoms with Gasteiger partial charge in [-0.05, 0) is 30.0 Å². The van der Waals surface area contributed by atoms with E-state index in [1.165, 1.54) is 16.7 Å². The number of allylic oxidation sites excluding steroid dienone is 1. The second-order valence-corrected chi connectivity index (χ2v) is 3.02. The molecule has 0 aliphatic heterocycles. The van der Waals surface area contributed by atoms with Crippen molar-refractivity contribution in [3.63, 3.8) is 0 Å². The van der Waals surface area contributed by atoms with E-state index in [1.54, 1.807) is 5.54 Å². The van der Waals surface area contributed by atoms with Gasteiger partial charge in [0.15, 0.2) is 0 Å². The Morgan fingerprint density at radius 1 is 1.42 bits per heavy atom. The maximum atomic E-state index is 5.71. The Morgan fingerprint density at radius 2 is 2.08 bits per heavy atom. The zero-order valence-electron chi connectivity index (χ0n) is 7.47. The van der Waals surface area contributed by atoms with Crippen molar-refractivity contribution < 1.29 is 0 Å². The Morgan fingerprint density at radius 3 is 2.58 bits per heavy atom. The lowest BCUT2D eigenvalue weighted by atomic mass is 10.0. The summed E-state index contributed by atoms with van der Waals surface area (Å²) in [5, 5.41) is 0. The number of benzene rings is 1. The van der Waals surface area contributed by atoms with Gasteiger partial charge in [0.2, 0.25) is 0 Å². The molecule has 0 unspecified atom stereocenters. The minimum atomic E-state index is 0.981. The molecule has 1 aromatic rings. The molecule has 0 N–H and O–H groups in total. The molecule has 64 valence electrons. The van der Waals surface area contributed by atoms with Gasteiger partial charge >= 0.3 is 0 Å². The van der Waals surface area contributed by atoms with Crippen LogP contribution in [-0.4, -0.2) is 0 Å². The highest BCUT2D eigenvalue weighted by Gasteiger charge is 2.00. The summed E-state index contributed by atoms with van der Waals surface area (Å²) >= 11 is 5.71. The fourth-order valence-corrected chi connectivity index (χ4v) is 1.53. The summed E-state index contributed by atoms with van der Waals surface area (Å²) in [7, 11) is 0. The van der Waals surface area contributed by atoms with Crippen LogP contribution < -0.4 is 0 Å². The van der Waals surface area contributed by atoms with E-state index in [4.69, 9.17) is 11.6 Å². The molecule has 0 saturated carbocycles. The van der Waals surface area contributed by atoms with Crippen LogP contribution in [0.1, 0.15) is 24.5 Å². The SMILES string of the molecule is CC/C(=C\Cl)c1ccccc1C. The fraction of sp³-hybridized carbons (Fsp3) is 0.273. The van der Waals surface area contributed by atoms with E-state index in [1.807, 2.05) is 12.1 Å². The molecule has 1 aromatic carbocycles. The molecule has 0 fully saturated rings. The lowest BCUT2D eigenvalue weighted by Gasteiger charge is -2.06. The molecule has 0 aliphatic rings. The third-order valence-electron chi connectivity index (χ3n) is 2.00. The van der Waals surface area contributed by atoms with E-state index in [2.05, 4.69) is 26.0 Å². The Labute approximate surface area is 78.9 Å². The van der Waals surface area contributed by atoms with Gasteiger partial charge in [-0.3, -0.25) is 0 Å². The smallest absolute Gasteiger partial charge is 0.00805 e. The zero-order chi connectivity index (χ0) is 8.97. The average molecular weight is 181 g/mol. The van der Waals surface area contributed by atoms with Gasteiger partial charge in [-0.25, -0.2) is 0 Å². The molecule has 0 atom stereocenters. The first-order chi connectivity index (χ1) is 5.79. The molecule has 1 rings (SSSR count). The van der Waals surface area contributed by atoms with E-state index in [9.17, 15) is 0 Å². The van der Waals surface area contributed by atoms with Crippen molar-refractivity contribution in [2.45, 2.75) is 20.3 Å². The number of rotatable bonds is 2. The predicted molar refractivity (Wildman–Crippen MR) is 55.3 cm³/mol. The molecule has 0 aliphatic carbocycles. The molecule has 0 saturated heterocycles. The minimum absolute atomic E-state index is 0.981. The van der Waals surface area contributed by atoms with E-state index in [-0.39, 0.29) is 0 Å². The van der Waals surface area contributed by atoms with Crippen molar-refractivity contribution in [2.75, 3.05) is 0 Å². The van der Waals surface area contributed by atoms with Gasteiger partial charge in [0.25, 0.3) is 0 Å². The monoisotopic (exact) mass is 180 g/mol. The zero-order valence-corrected chi connectivity index (χ0v) is 8.23. The Balaban J connectivity index is 3.10. The molecule has 0 bridgehead atoms. The third-order valence-corrected chi connectivity index (χ3v) is 2.27. The molecule has 0 radical (unpaired) electrons. The lowest BCUT2D eigenvalue weighted by Crippen LogP contribution is -1.85. The standard InChI is InChI=1S/C11H13Cl/c1-3-10(8-12)11-7-5-4-6-9(11)2/h4-8H,3H2,1-2H3/b10-8+. The van der Waals surface area contributed by atoms with E-state index < -0.39 is 0 Å². The van der Waals surface area contributed by atoms with Crippen molar-refractivity contribution in [1.29, 1.82) is 0 Å². The van der Waals surface area contributed by atoms with Crippen molar-refractivity contribution in [2.24, 2.45) is 0 Å². The van der Waals surface area contributed by atoms with E-state index in [0.717, 1.165) is 6.42 Å². The van der Waals surface area contributed by atoms with Crippen molar-refractivity contribution in [3.05, 3.63) is 40.9 Å². The second kappa shape index (κ2) is 4.32. The number of aryl methyl sites for hydroxylation is 1. The molecular weight excluding hydrogens is 168 g/mol. The third kappa shape index (κ3) is 1.89. The molecule has 0 aromatic heterocycles. The van der Waals surface area contributed by atoms with Crippen LogP contribution in [0.25, 0.3) is 5.57 Å². The minimum Gasteiger partial charge on any atom is -0.0926 e. The first-order valence-corrected chi connectivity index (χ1v) is 4.58. The van der Waals surface area contributed by atoms with Crippen LogP contribution in [0.3, 0.4) is 0 Å². The summed E-state index contributed by atoms with van der Waals surface area (Å²) in [6.45, 7) is 4.21. The summed E-state index contributed by atoms with van der Waals surface area (Å²) in [6.07, 6.45) is 0.981. The van der Waals surface area contributed by atoms with E-state index >= 15 is 0 Å². The van der Waals surface area contributed by atoms with Gasteiger partial charge in [-0.1, -0.05) is 42.8 Å². The number of halogens is 1. The lowest BCUT2D eigenvalue weighted by molar-refractivity contribution is 1.23. The van der Waals surface area contributed by atoms with Crippen LogP contribution in [-0.2, 0) is 0 Å². The van der Waals surface area contributed by atoms with Crippen LogP contribution in [0.2, 0.25) is 0 Å². The molecule has 0 spiro atoms. The van der Waals surface area contributed by atoms with Crippen LogP contribution in [0, 0.1) is 6.92 Å². The van der Waals surface area contributed by atoms with Crippen molar-refractivity contribution >= 4 is 17.2 Å².